The van der Waals surface area contributed by atoms with Gasteiger partial charge in [-0.15, -0.1) is 0 Å². The molecule has 5 rings (SSSR count). The van der Waals surface area contributed by atoms with Gasteiger partial charge in [0.05, 0.1) is 5.54 Å². The van der Waals surface area contributed by atoms with Crippen LogP contribution in [0.1, 0.15) is 29.1 Å². The number of nitrogens with two attached hydrogens (primary N) is 1. The summed E-state index contributed by atoms with van der Waals surface area (Å²) in [5.41, 5.74) is 8.89. The van der Waals surface area contributed by atoms with Gasteiger partial charge in [-0.2, -0.15) is 4.98 Å². The lowest BCUT2D eigenvalue weighted by Crippen LogP contribution is -2.55. The van der Waals surface area contributed by atoms with E-state index < -0.39 is 5.54 Å². The van der Waals surface area contributed by atoms with Crippen LogP contribution in [0.4, 0.5) is 0 Å². The predicted molar refractivity (Wildman–Crippen MR) is 119 cm³/mol. The Labute approximate surface area is 186 Å². The smallest absolute Gasteiger partial charge is 0.253 e. The fraction of sp³-hybridized carbons (Fsp3) is 0.333. The molecule has 8 nitrogen and oxygen atoms in total. The average Bonchev–Trinajstić information content (AvgIpc) is 3.44. The molecule has 0 bridgehead atoms. The molecule has 2 fully saturated rings. The second-order valence-corrected chi connectivity index (χ2v) is 8.54. The van der Waals surface area contributed by atoms with E-state index in [2.05, 4.69) is 10.1 Å². The van der Waals surface area contributed by atoms with E-state index in [1.165, 1.54) is 0 Å². The maximum Gasteiger partial charge on any atom is 0.253 e. The highest BCUT2D eigenvalue weighted by molar-refractivity contribution is 5.95. The highest BCUT2D eigenvalue weighted by Gasteiger charge is 2.48. The summed E-state index contributed by atoms with van der Waals surface area (Å²) in [6, 6.07) is 15.5. The number of carbonyl (C=O) groups is 2. The van der Waals surface area contributed by atoms with Crippen LogP contribution in [-0.2, 0) is 4.79 Å². The number of hydrogen-bond acceptors (Lipinski definition) is 6. The second-order valence-electron chi connectivity index (χ2n) is 8.54. The van der Waals surface area contributed by atoms with Crippen molar-refractivity contribution in [2.75, 3.05) is 26.2 Å². The highest BCUT2D eigenvalue weighted by Crippen LogP contribution is 2.34. The zero-order valence-corrected chi connectivity index (χ0v) is 18.0. The van der Waals surface area contributed by atoms with Gasteiger partial charge < -0.3 is 20.1 Å². The number of amides is 2. The van der Waals surface area contributed by atoms with E-state index >= 15 is 0 Å². The van der Waals surface area contributed by atoms with Gasteiger partial charge in [0.1, 0.15) is 0 Å². The normalized spacial score (nSPS) is 17.3. The van der Waals surface area contributed by atoms with Crippen LogP contribution in [0, 0.1) is 6.92 Å². The number of aryl methyl sites for hydroxylation is 1. The van der Waals surface area contributed by atoms with Crippen molar-refractivity contribution < 1.29 is 14.1 Å². The Morgan fingerprint density at radius 3 is 2.22 bits per heavy atom. The maximum absolute atomic E-state index is 12.9. The third-order valence-electron chi connectivity index (χ3n) is 6.18. The van der Waals surface area contributed by atoms with Crippen molar-refractivity contribution in [2.24, 2.45) is 5.73 Å². The van der Waals surface area contributed by atoms with Gasteiger partial charge in [0.25, 0.3) is 5.91 Å². The van der Waals surface area contributed by atoms with Gasteiger partial charge in [0.15, 0.2) is 0 Å². The van der Waals surface area contributed by atoms with Crippen molar-refractivity contribution in [2.45, 2.75) is 25.3 Å². The topological polar surface area (TPSA) is 106 Å². The summed E-state index contributed by atoms with van der Waals surface area (Å²) < 4.78 is 5.07. The standard InChI is InChI=1S/C24H25N5O3/c1-16-26-21(27-32-16)20-4-2-3-19(15-20)17-5-7-18(8-6-17)22(30)28-11-13-29(14-12-28)23(31)24(25)9-10-24/h2-8,15H,9-14,25H2,1H3. The average molecular weight is 431 g/mol. The molecule has 1 aliphatic heterocycles. The lowest BCUT2D eigenvalue weighted by Gasteiger charge is -2.36. The van der Waals surface area contributed by atoms with Crippen molar-refractivity contribution >= 4 is 11.8 Å². The minimum atomic E-state index is -0.651. The van der Waals surface area contributed by atoms with E-state index in [9.17, 15) is 9.59 Å². The van der Waals surface area contributed by atoms with Crippen LogP contribution in [0.3, 0.4) is 0 Å². The van der Waals surface area contributed by atoms with E-state index in [-0.39, 0.29) is 11.8 Å². The molecule has 0 radical (unpaired) electrons. The summed E-state index contributed by atoms with van der Waals surface area (Å²) in [4.78, 5) is 33.2. The number of aromatic nitrogens is 2. The molecule has 0 spiro atoms. The van der Waals surface area contributed by atoms with Crippen molar-refractivity contribution in [3.8, 4) is 22.5 Å². The summed E-state index contributed by atoms with van der Waals surface area (Å²) in [6.07, 6.45) is 1.52. The molecule has 2 heterocycles. The number of nitrogens with zero attached hydrogens (tertiary/aromatic N) is 4. The predicted octanol–water partition coefficient (Wildman–Crippen LogP) is 2.49. The Morgan fingerprint density at radius 2 is 1.59 bits per heavy atom. The van der Waals surface area contributed by atoms with Crippen LogP contribution < -0.4 is 5.73 Å². The van der Waals surface area contributed by atoms with Crippen LogP contribution in [0.5, 0.6) is 0 Å². The molecule has 1 aromatic heterocycles. The van der Waals surface area contributed by atoms with E-state index in [0.717, 1.165) is 29.5 Å². The maximum atomic E-state index is 12.9. The Hall–Kier alpha value is -3.52. The van der Waals surface area contributed by atoms with Crippen LogP contribution in [0.15, 0.2) is 53.1 Å². The zero-order chi connectivity index (χ0) is 22.3. The molecule has 1 aliphatic carbocycles. The fourth-order valence-electron chi connectivity index (χ4n) is 4.02. The van der Waals surface area contributed by atoms with Gasteiger partial charge in [-0.1, -0.05) is 35.5 Å². The molecule has 0 atom stereocenters. The summed E-state index contributed by atoms with van der Waals surface area (Å²) >= 11 is 0. The van der Waals surface area contributed by atoms with Crippen molar-refractivity contribution in [3.63, 3.8) is 0 Å². The largest absolute Gasteiger partial charge is 0.339 e. The molecule has 2 amide bonds. The number of piperazine rings is 1. The van der Waals surface area contributed by atoms with Crippen LogP contribution >= 0.6 is 0 Å². The van der Waals surface area contributed by atoms with Crippen molar-refractivity contribution in [1.82, 2.24) is 19.9 Å². The number of rotatable bonds is 4. The zero-order valence-electron chi connectivity index (χ0n) is 18.0. The molecule has 2 aliphatic rings. The molecule has 2 N–H and O–H groups in total. The number of carbonyl (C=O) groups excluding carboxylic acids is 2. The molecule has 3 aromatic rings. The molecular formula is C24H25N5O3. The molecule has 2 aromatic carbocycles. The molecule has 8 heteroatoms. The Kier molecular flexibility index (Phi) is 5.01. The first kappa shape index (κ1) is 20.4. The molecule has 0 unspecified atom stereocenters. The number of hydrogen-bond donors (Lipinski definition) is 1. The van der Waals surface area contributed by atoms with E-state index in [1.807, 2.05) is 48.5 Å². The molecular weight excluding hydrogens is 406 g/mol. The van der Waals surface area contributed by atoms with Crippen molar-refractivity contribution in [3.05, 3.63) is 60.0 Å². The van der Waals surface area contributed by atoms with Crippen LogP contribution in [-0.4, -0.2) is 63.5 Å². The molecule has 164 valence electrons. The minimum absolute atomic E-state index is 0.0199. The highest BCUT2D eigenvalue weighted by atomic mass is 16.5. The van der Waals surface area contributed by atoms with Crippen LogP contribution in [0.25, 0.3) is 22.5 Å². The molecule has 32 heavy (non-hydrogen) atoms. The minimum Gasteiger partial charge on any atom is -0.339 e. The van der Waals surface area contributed by atoms with Gasteiger partial charge in [0, 0.05) is 44.2 Å². The first-order valence-electron chi connectivity index (χ1n) is 10.8. The molecule has 1 saturated carbocycles. The SMILES string of the molecule is Cc1nc(-c2cccc(-c3ccc(C(=O)N4CCN(C(=O)C5(N)CC5)CC4)cc3)c2)no1. The number of benzene rings is 2. The Morgan fingerprint density at radius 1 is 0.938 bits per heavy atom. The Bertz CT molecular complexity index is 1160. The van der Waals surface area contributed by atoms with E-state index in [0.29, 0.717) is 43.5 Å². The summed E-state index contributed by atoms with van der Waals surface area (Å²) in [7, 11) is 0. The van der Waals surface area contributed by atoms with E-state index in [4.69, 9.17) is 10.3 Å². The van der Waals surface area contributed by atoms with Crippen LogP contribution in [0.2, 0.25) is 0 Å². The van der Waals surface area contributed by atoms with Gasteiger partial charge in [-0.25, -0.2) is 0 Å². The summed E-state index contributed by atoms with van der Waals surface area (Å²) in [5, 5.41) is 3.98. The third-order valence-corrected chi connectivity index (χ3v) is 6.18. The second kappa shape index (κ2) is 7.87. The monoisotopic (exact) mass is 431 g/mol. The molecule has 1 saturated heterocycles. The quantitative estimate of drug-likeness (QED) is 0.680. The van der Waals surface area contributed by atoms with Gasteiger partial charge in [-0.05, 0) is 42.2 Å². The lowest BCUT2D eigenvalue weighted by molar-refractivity contribution is -0.135. The summed E-state index contributed by atoms with van der Waals surface area (Å²) in [5.74, 6) is 1.07. The first-order chi connectivity index (χ1) is 15.4. The summed E-state index contributed by atoms with van der Waals surface area (Å²) in [6.45, 7) is 3.87. The lowest BCUT2D eigenvalue weighted by atomic mass is 10.0. The Balaban J connectivity index is 1.25. The van der Waals surface area contributed by atoms with Gasteiger partial charge in [0.2, 0.25) is 17.6 Å². The van der Waals surface area contributed by atoms with Crippen molar-refractivity contribution in [1.29, 1.82) is 0 Å². The van der Waals surface area contributed by atoms with Gasteiger partial charge >= 0.3 is 0 Å². The van der Waals surface area contributed by atoms with E-state index in [1.54, 1.807) is 16.7 Å². The van der Waals surface area contributed by atoms with Gasteiger partial charge in [-0.3, -0.25) is 9.59 Å². The third kappa shape index (κ3) is 3.89. The fourth-order valence-corrected chi connectivity index (χ4v) is 4.02. The first-order valence-corrected chi connectivity index (χ1v) is 10.8.